The van der Waals surface area contributed by atoms with E-state index in [1.54, 1.807) is 0 Å². The van der Waals surface area contributed by atoms with Crippen molar-refractivity contribution in [3.63, 3.8) is 0 Å². The first kappa shape index (κ1) is 7.32. The average molecular weight is 202 g/mol. The van der Waals surface area contributed by atoms with Crippen LogP contribution >= 0.6 is 0 Å². The Morgan fingerprint density at radius 2 is 1.00 bits per heavy atom. The third-order valence-electron chi connectivity index (χ3n) is 7.10. The smallest absolute Gasteiger partial charge is 0.0641 e. The van der Waals surface area contributed by atoms with Gasteiger partial charge in [0, 0.05) is 0 Å². The molecule has 6 unspecified atom stereocenters. The molecule has 8 aliphatic rings. The van der Waals surface area contributed by atoms with Gasteiger partial charge in [-0.1, -0.05) is 0 Å². The summed E-state index contributed by atoms with van der Waals surface area (Å²) in [4.78, 5) is 0. The van der Waals surface area contributed by atoms with Crippen LogP contribution in [0, 0.1) is 47.3 Å². The molecular weight excluding hydrogens is 184 g/mol. The fraction of sp³-hybridized carbons (Fsp3) is 1.00. The minimum Gasteiger partial charge on any atom is -0.374 e. The molecule has 0 saturated heterocycles. The van der Waals surface area contributed by atoms with Crippen LogP contribution < -0.4 is 0 Å². The molecule has 0 spiro atoms. The van der Waals surface area contributed by atoms with E-state index in [0.29, 0.717) is 0 Å². The molecule has 8 bridgehead atoms. The third-order valence-corrected chi connectivity index (χ3v) is 7.10. The second-order valence-electron chi connectivity index (χ2n) is 7.34. The molecule has 0 radical (unpaired) electrons. The zero-order valence-electron chi connectivity index (χ0n) is 9.01. The Kier molecular flexibility index (Phi) is 0.936. The summed E-state index contributed by atoms with van der Waals surface area (Å²) in [7, 11) is 0. The molecule has 80 valence electrons. The number of ether oxygens (including phenoxy) is 1. The molecule has 0 aromatic heterocycles. The molecule has 15 heavy (non-hydrogen) atoms. The maximum atomic E-state index is 6.59. The van der Waals surface area contributed by atoms with Gasteiger partial charge in [-0.25, -0.2) is 0 Å². The lowest BCUT2D eigenvalue weighted by Gasteiger charge is -2.23. The van der Waals surface area contributed by atoms with Crippen LogP contribution in [0.1, 0.15) is 25.7 Å². The van der Waals surface area contributed by atoms with Crippen molar-refractivity contribution >= 4 is 0 Å². The third kappa shape index (κ3) is 0.638. The van der Waals surface area contributed by atoms with E-state index >= 15 is 0 Å². The maximum absolute atomic E-state index is 6.59. The average Bonchev–Trinajstić information content (AvgIpc) is 2.86. The molecule has 0 aliphatic heterocycles. The largest absolute Gasteiger partial charge is 0.374 e. The van der Waals surface area contributed by atoms with E-state index in [1.165, 1.54) is 25.7 Å². The van der Waals surface area contributed by atoms with E-state index in [4.69, 9.17) is 4.74 Å². The molecule has 0 N–H and O–H groups in total. The molecule has 1 heteroatoms. The van der Waals surface area contributed by atoms with Crippen molar-refractivity contribution in [3.05, 3.63) is 0 Å². The lowest BCUT2D eigenvalue weighted by Crippen LogP contribution is -2.27. The van der Waals surface area contributed by atoms with Gasteiger partial charge in [-0.3, -0.25) is 0 Å². The van der Waals surface area contributed by atoms with Gasteiger partial charge in [0.15, 0.2) is 0 Å². The summed E-state index contributed by atoms with van der Waals surface area (Å²) in [5, 5.41) is 0. The van der Waals surface area contributed by atoms with Gasteiger partial charge in [0.25, 0.3) is 0 Å². The van der Waals surface area contributed by atoms with Crippen LogP contribution in [0.25, 0.3) is 0 Å². The van der Waals surface area contributed by atoms with Gasteiger partial charge in [-0.05, 0) is 73.0 Å². The fourth-order valence-corrected chi connectivity index (χ4v) is 6.59. The molecule has 8 aliphatic carbocycles. The lowest BCUT2D eigenvalue weighted by atomic mass is 10.1. The maximum Gasteiger partial charge on any atom is 0.0641 e. The second-order valence-corrected chi connectivity index (χ2v) is 7.34. The van der Waals surface area contributed by atoms with E-state index in [9.17, 15) is 0 Å². The molecule has 0 aromatic rings. The Bertz CT molecular complexity index is 302. The van der Waals surface area contributed by atoms with Gasteiger partial charge in [0.2, 0.25) is 0 Å². The van der Waals surface area contributed by atoms with E-state index in [1.807, 2.05) is 0 Å². The first-order valence-corrected chi connectivity index (χ1v) is 7.07. The highest BCUT2D eigenvalue weighted by Gasteiger charge is 2.73. The number of rotatable bonds is 2. The molecule has 6 atom stereocenters. The van der Waals surface area contributed by atoms with Crippen LogP contribution in [0.5, 0.6) is 0 Å². The Labute approximate surface area is 90.6 Å². The lowest BCUT2D eigenvalue weighted by molar-refractivity contribution is -0.0491. The molecule has 8 rings (SSSR count). The van der Waals surface area contributed by atoms with Crippen LogP contribution in [0.3, 0.4) is 0 Å². The summed E-state index contributed by atoms with van der Waals surface area (Å²) in [6, 6.07) is 0. The van der Waals surface area contributed by atoms with Gasteiger partial charge in [0.05, 0.1) is 12.2 Å². The van der Waals surface area contributed by atoms with Crippen LogP contribution in [-0.4, -0.2) is 12.2 Å². The van der Waals surface area contributed by atoms with Crippen molar-refractivity contribution in [2.75, 3.05) is 0 Å². The monoisotopic (exact) mass is 202 g/mol. The Morgan fingerprint density at radius 1 is 0.600 bits per heavy atom. The number of hydrogen-bond donors (Lipinski definition) is 0. The van der Waals surface area contributed by atoms with Gasteiger partial charge < -0.3 is 4.74 Å². The van der Waals surface area contributed by atoms with E-state index in [0.717, 1.165) is 59.6 Å². The van der Waals surface area contributed by atoms with E-state index in [2.05, 4.69) is 0 Å². The van der Waals surface area contributed by atoms with Crippen molar-refractivity contribution in [2.24, 2.45) is 47.3 Å². The molecule has 0 amide bonds. The highest BCUT2D eigenvalue weighted by molar-refractivity contribution is 5.21. The molecule has 1 nitrogen and oxygen atoms in total. The number of hydrogen-bond acceptors (Lipinski definition) is 1. The van der Waals surface area contributed by atoms with E-state index in [-0.39, 0.29) is 0 Å². The minimum absolute atomic E-state index is 0.741. The Hall–Kier alpha value is -0.0400. The van der Waals surface area contributed by atoms with E-state index < -0.39 is 0 Å². The molecule has 8 saturated carbocycles. The predicted molar refractivity (Wildman–Crippen MR) is 55.0 cm³/mol. The summed E-state index contributed by atoms with van der Waals surface area (Å²) in [5.41, 5.74) is 0. The SMILES string of the molecule is C1C2CC3C1C3C2OC1C2CC3C(C2)C31. The summed E-state index contributed by atoms with van der Waals surface area (Å²) >= 11 is 0. The summed E-state index contributed by atoms with van der Waals surface area (Å²) in [6.07, 6.45) is 7.63. The quantitative estimate of drug-likeness (QED) is 0.667. The summed E-state index contributed by atoms with van der Waals surface area (Å²) in [6.45, 7) is 0. The first-order chi connectivity index (χ1) is 7.42. The first-order valence-electron chi connectivity index (χ1n) is 7.07. The van der Waals surface area contributed by atoms with Crippen LogP contribution in [0.2, 0.25) is 0 Å². The normalized spacial score (nSPS) is 79.2. The topological polar surface area (TPSA) is 9.23 Å². The second kappa shape index (κ2) is 1.92. The van der Waals surface area contributed by atoms with Crippen molar-refractivity contribution in [2.45, 2.75) is 37.9 Å². The molecule has 8 fully saturated rings. The van der Waals surface area contributed by atoms with Crippen molar-refractivity contribution in [1.82, 2.24) is 0 Å². The van der Waals surface area contributed by atoms with Crippen LogP contribution in [0.15, 0.2) is 0 Å². The zero-order chi connectivity index (χ0) is 9.31. The predicted octanol–water partition coefficient (Wildman–Crippen LogP) is 2.31. The summed E-state index contributed by atoms with van der Waals surface area (Å²) < 4.78 is 6.59. The molecule has 0 aromatic carbocycles. The Morgan fingerprint density at radius 3 is 1.27 bits per heavy atom. The van der Waals surface area contributed by atoms with Crippen LogP contribution in [0.4, 0.5) is 0 Å². The van der Waals surface area contributed by atoms with Crippen LogP contribution in [-0.2, 0) is 4.74 Å². The van der Waals surface area contributed by atoms with Crippen molar-refractivity contribution < 1.29 is 4.74 Å². The summed E-state index contributed by atoms with van der Waals surface area (Å²) in [5.74, 6) is 8.62. The zero-order valence-corrected chi connectivity index (χ0v) is 9.01. The standard InChI is InChI=1S/C14H18O/c1-5-2-8-7(1)11(8)13(5)15-14-6-3-9-10(4-6)12(9)14/h5-14H,1-4H2. The molecular formula is C14H18O. The van der Waals surface area contributed by atoms with Crippen molar-refractivity contribution in [1.29, 1.82) is 0 Å². The fourth-order valence-electron chi connectivity index (χ4n) is 6.59. The van der Waals surface area contributed by atoms with Gasteiger partial charge in [0.1, 0.15) is 0 Å². The van der Waals surface area contributed by atoms with Crippen molar-refractivity contribution in [3.8, 4) is 0 Å². The Balaban J connectivity index is 1.30. The van der Waals surface area contributed by atoms with Gasteiger partial charge in [-0.15, -0.1) is 0 Å². The highest BCUT2D eigenvalue weighted by Crippen LogP contribution is 2.75. The van der Waals surface area contributed by atoms with Gasteiger partial charge >= 0.3 is 0 Å². The minimum atomic E-state index is 0.741. The highest BCUT2D eigenvalue weighted by atomic mass is 16.5. The molecule has 0 heterocycles. The van der Waals surface area contributed by atoms with Gasteiger partial charge in [-0.2, -0.15) is 0 Å².